The smallest absolute Gasteiger partial charge is 0.338 e. The van der Waals surface area contributed by atoms with Crippen LogP contribution in [0, 0.1) is 0 Å². The van der Waals surface area contributed by atoms with E-state index in [1.807, 2.05) is 6.07 Å². The monoisotopic (exact) mass is 216 g/mol. The first kappa shape index (κ1) is 11.2. The highest BCUT2D eigenvalue weighted by Crippen LogP contribution is 2.17. The lowest BCUT2D eigenvalue weighted by atomic mass is 9.97. The summed E-state index contributed by atoms with van der Waals surface area (Å²) in [5, 5.41) is 0. The highest BCUT2D eigenvalue weighted by Gasteiger charge is 2.22. The molecule has 1 saturated heterocycles. The second-order valence-electron chi connectivity index (χ2n) is 3.84. The molecule has 3 nitrogen and oxygen atoms in total. The van der Waals surface area contributed by atoms with Gasteiger partial charge in [0.25, 0.3) is 0 Å². The summed E-state index contributed by atoms with van der Waals surface area (Å²) in [6.45, 7) is 0.279. The minimum Gasteiger partial charge on any atom is -0.459 e. The van der Waals surface area contributed by atoms with Gasteiger partial charge in [0.15, 0.2) is 0 Å². The average molecular weight is 216 g/mol. The molecule has 4 heteroatoms. The molecular formula is C12H13BO3. The molecule has 0 amide bonds. The van der Waals surface area contributed by atoms with Gasteiger partial charge in [0, 0.05) is 6.00 Å². The van der Waals surface area contributed by atoms with Crippen molar-refractivity contribution in [2.45, 2.75) is 24.9 Å². The Morgan fingerprint density at radius 3 is 2.75 bits per heavy atom. The summed E-state index contributed by atoms with van der Waals surface area (Å²) in [6.07, 6.45) is 1.62. The van der Waals surface area contributed by atoms with Crippen LogP contribution in [0.4, 0.5) is 0 Å². The summed E-state index contributed by atoms with van der Waals surface area (Å²) >= 11 is 0. The van der Waals surface area contributed by atoms with Crippen LogP contribution < -0.4 is 0 Å². The third-order valence-electron chi connectivity index (χ3n) is 2.55. The molecule has 1 aromatic rings. The SMILES string of the molecule is [B][C@H]1CC[C@@H](COC(=O)c2ccccc2)O1. The van der Waals surface area contributed by atoms with Gasteiger partial charge in [0.05, 0.1) is 11.7 Å². The zero-order valence-electron chi connectivity index (χ0n) is 8.96. The lowest BCUT2D eigenvalue weighted by Gasteiger charge is -2.11. The van der Waals surface area contributed by atoms with Crippen LogP contribution in [0.3, 0.4) is 0 Å². The van der Waals surface area contributed by atoms with E-state index in [1.54, 1.807) is 24.3 Å². The van der Waals surface area contributed by atoms with Gasteiger partial charge in [0.2, 0.25) is 0 Å². The molecule has 0 saturated carbocycles. The van der Waals surface area contributed by atoms with Crippen molar-refractivity contribution >= 4 is 13.8 Å². The lowest BCUT2D eigenvalue weighted by molar-refractivity contribution is 0.00951. The van der Waals surface area contributed by atoms with Crippen LogP contribution in [0.25, 0.3) is 0 Å². The van der Waals surface area contributed by atoms with E-state index in [0.29, 0.717) is 5.56 Å². The van der Waals surface area contributed by atoms with Gasteiger partial charge in [-0.05, 0) is 25.0 Å². The normalized spacial score (nSPS) is 24.2. The number of rotatable bonds is 3. The molecule has 82 valence electrons. The van der Waals surface area contributed by atoms with Crippen LogP contribution in [0.15, 0.2) is 30.3 Å². The van der Waals surface area contributed by atoms with Crippen molar-refractivity contribution in [2.75, 3.05) is 6.61 Å². The van der Waals surface area contributed by atoms with E-state index in [4.69, 9.17) is 17.3 Å². The maximum absolute atomic E-state index is 11.6. The molecule has 0 unspecified atom stereocenters. The van der Waals surface area contributed by atoms with Crippen molar-refractivity contribution in [2.24, 2.45) is 0 Å². The second kappa shape index (κ2) is 5.17. The molecule has 1 aliphatic heterocycles. The van der Waals surface area contributed by atoms with Gasteiger partial charge in [-0.3, -0.25) is 0 Å². The lowest BCUT2D eigenvalue weighted by Crippen LogP contribution is -2.19. The van der Waals surface area contributed by atoms with Crippen LogP contribution in [-0.4, -0.2) is 32.5 Å². The van der Waals surface area contributed by atoms with Crippen LogP contribution >= 0.6 is 0 Å². The predicted octanol–water partition coefficient (Wildman–Crippen LogP) is 1.52. The highest BCUT2D eigenvalue weighted by molar-refractivity contribution is 6.11. The van der Waals surface area contributed by atoms with E-state index in [1.165, 1.54) is 0 Å². The Hall–Kier alpha value is -1.29. The Bertz CT molecular complexity index is 353. The van der Waals surface area contributed by atoms with Crippen LogP contribution in [0.5, 0.6) is 0 Å². The molecule has 1 fully saturated rings. The number of benzene rings is 1. The fraction of sp³-hybridized carbons (Fsp3) is 0.417. The maximum atomic E-state index is 11.6. The van der Waals surface area contributed by atoms with E-state index in [0.717, 1.165) is 12.8 Å². The first-order chi connectivity index (χ1) is 7.75. The number of carbonyl (C=O) groups excluding carboxylic acids is 1. The topological polar surface area (TPSA) is 35.5 Å². The maximum Gasteiger partial charge on any atom is 0.338 e. The molecule has 1 heterocycles. The first-order valence-corrected chi connectivity index (χ1v) is 5.39. The van der Waals surface area contributed by atoms with E-state index in [-0.39, 0.29) is 24.7 Å². The molecule has 1 aliphatic rings. The van der Waals surface area contributed by atoms with Gasteiger partial charge < -0.3 is 9.47 Å². The van der Waals surface area contributed by atoms with E-state index < -0.39 is 0 Å². The summed E-state index contributed by atoms with van der Waals surface area (Å²) in [5.41, 5.74) is 0.560. The van der Waals surface area contributed by atoms with Crippen LogP contribution in [0.1, 0.15) is 23.2 Å². The standard InChI is InChI=1S/C12H13BO3/c13-11-7-6-10(16-11)8-15-12(14)9-4-2-1-3-5-9/h1-5,10-11H,6-8H2/t10-,11+/m0/s1. The average Bonchev–Trinajstić information content (AvgIpc) is 2.73. The molecule has 2 rings (SSSR count). The molecule has 0 N–H and O–H groups in total. The zero-order valence-corrected chi connectivity index (χ0v) is 8.96. The molecule has 1 aromatic carbocycles. The molecular weight excluding hydrogens is 203 g/mol. The van der Waals surface area contributed by atoms with Crippen molar-refractivity contribution in [1.29, 1.82) is 0 Å². The van der Waals surface area contributed by atoms with E-state index >= 15 is 0 Å². The Kier molecular flexibility index (Phi) is 3.62. The second-order valence-corrected chi connectivity index (χ2v) is 3.84. The summed E-state index contributed by atoms with van der Waals surface area (Å²) in [7, 11) is 5.58. The number of esters is 1. The summed E-state index contributed by atoms with van der Waals surface area (Å²) in [5.74, 6) is -0.315. The van der Waals surface area contributed by atoms with Crippen molar-refractivity contribution in [3.8, 4) is 0 Å². The third-order valence-corrected chi connectivity index (χ3v) is 2.55. The van der Waals surface area contributed by atoms with Gasteiger partial charge >= 0.3 is 5.97 Å². The number of ether oxygens (including phenoxy) is 2. The molecule has 2 atom stereocenters. The Morgan fingerprint density at radius 1 is 1.38 bits per heavy atom. The highest BCUT2D eigenvalue weighted by atomic mass is 16.6. The minimum atomic E-state index is -0.315. The molecule has 16 heavy (non-hydrogen) atoms. The van der Waals surface area contributed by atoms with E-state index in [9.17, 15) is 4.79 Å². The molecule has 0 spiro atoms. The Labute approximate surface area is 96.2 Å². The van der Waals surface area contributed by atoms with Crippen molar-refractivity contribution in [3.63, 3.8) is 0 Å². The Balaban J connectivity index is 1.80. The number of carbonyl (C=O) groups is 1. The van der Waals surface area contributed by atoms with Gasteiger partial charge in [0.1, 0.15) is 14.5 Å². The summed E-state index contributed by atoms with van der Waals surface area (Å²) in [4.78, 5) is 11.6. The van der Waals surface area contributed by atoms with E-state index in [2.05, 4.69) is 0 Å². The molecule has 0 bridgehead atoms. The fourth-order valence-corrected chi connectivity index (χ4v) is 1.68. The summed E-state index contributed by atoms with van der Waals surface area (Å²) in [6, 6.07) is 8.71. The van der Waals surface area contributed by atoms with Gasteiger partial charge in [-0.1, -0.05) is 18.2 Å². The quantitative estimate of drug-likeness (QED) is 0.567. The number of hydrogen-bond donors (Lipinski definition) is 0. The van der Waals surface area contributed by atoms with Gasteiger partial charge in [-0.15, -0.1) is 0 Å². The van der Waals surface area contributed by atoms with Gasteiger partial charge in [-0.2, -0.15) is 0 Å². The fourth-order valence-electron chi connectivity index (χ4n) is 1.68. The van der Waals surface area contributed by atoms with Crippen molar-refractivity contribution in [3.05, 3.63) is 35.9 Å². The van der Waals surface area contributed by atoms with Crippen LogP contribution in [-0.2, 0) is 9.47 Å². The predicted molar refractivity (Wildman–Crippen MR) is 60.4 cm³/mol. The Morgan fingerprint density at radius 2 is 2.12 bits per heavy atom. The minimum absolute atomic E-state index is 0.0531. The van der Waals surface area contributed by atoms with Crippen molar-refractivity contribution in [1.82, 2.24) is 0 Å². The zero-order chi connectivity index (χ0) is 11.4. The largest absolute Gasteiger partial charge is 0.459 e. The summed E-state index contributed by atoms with van der Waals surface area (Å²) < 4.78 is 10.5. The third kappa shape index (κ3) is 2.86. The number of hydrogen-bond acceptors (Lipinski definition) is 3. The molecule has 0 aromatic heterocycles. The molecule has 2 radical (unpaired) electrons. The van der Waals surface area contributed by atoms with Crippen LogP contribution in [0.2, 0.25) is 0 Å². The molecule has 0 aliphatic carbocycles. The first-order valence-electron chi connectivity index (χ1n) is 5.39. The van der Waals surface area contributed by atoms with Gasteiger partial charge in [-0.25, -0.2) is 4.79 Å². The van der Waals surface area contributed by atoms with Crippen molar-refractivity contribution < 1.29 is 14.3 Å².